The van der Waals surface area contributed by atoms with Gasteiger partial charge in [0.05, 0.1) is 25.7 Å². The Bertz CT molecular complexity index is 545. The fourth-order valence-corrected chi connectivity index (χ4v) is 2.30. The topological polar surface area (TPSA) is 93.4 Å². The summed E-state index contributed by atoms with van der Waals surface area (Å²) in [5.74, 6) is -2.97. The van der Waals surface area contributed by atoms with Crippen LogP contribution in [0.3, 0.4) is 0 Å². The predicted octanol–water partition coefficient (Wildman–Crippen LogP) is 1.06. The van der Waals surface area contributed by atoms with Gasteiger partial charge in [0.2, 0.25) is 0 Å². The van der Waals surface area contributed by atoms with E-state index in [-0.39, 0.29) is 17.6 Å². The van der Waals surface area contributed by atoms with Crippen LogP contribution >= 0.6 is 11.6 Å². The number of carbonyl (C=O) groups is 1. The van der Waals surface area contributed by atoms with Crippen LogP contribution in [0.15, 0.2) is 6.07 Å². The average Bonchev–Trinajstić information content (AvgIpc) is 2.42. The SMILES string of the molecule is COC[C@H](c1cc(N)nnc1Cl)N1CC(F)(F)CNC1=O. The number of alkyl halides is 2. The predicted molar refractivity (Wildman–Crippen MR) is 71.1 cm³/mol. The van der Waals surface area contributed by atoms with Crippen molar-refractivity contribution in [2.45, 2.75) is 12.0 Å². The summed E-state index contributed by atoms with van der Waals surface area (Å²) < 4.78 is 32.1. The van der Waals surface area contributed by atoms with E-state index in [0.717, 1.165) is 4.90 Å². The second-order valence-corrected chi connectivity index (χ2v) is 4.99. The van der Waals surface area contributed by atoms with E-state index < -0.39 is 31.1 Å². The van der Waals surface area contributed by atoms with Crippen LogP contribution in [0, 0.1) is 0 Å². The number of hydrogen-bond donors (Lipinski definition) is 2. The van der Waals surface area contributed by atoms with E-state index in [1.54, 1.807) is 0 Å². The molecule has 1 atom stereocenters. The highest BCUT2D eigenvalue weighted by molar-refractivity contribution is 6.30. The Morgan fingerprint density at radius 2 is 2.33 bits per heavy atom. The van der Waals surface area contributed by atoms with Crippen molar-refractivity contribution >= 4 is 23.4 Å². The first-order chi connectivity index (χ1) is 9.84. The first kappa shape index (κ1) is 15.6. The number of nitrogens with zero attached hydrogens (tertiary/aromatic N) is 3. The minimum Gasteiger partial charge on any atom is -0.382 e. The fourth-order valence-electron chi connectivity index (χ4n) is 2.08. The first-order valence-electron chi connectivity index (χ1n) is 6.04. The normalized spacial score (nSPS) is 19.2. The van der Waals surface area contributed by atoms with Gasteiger partial charge in [0.1, 0.15) is 5.82 Å². The summed E-state index contributed by atoms with van der Waals surface area (Å²) in [6.07, 6.45) is 0. The van der Waals surface area contributed by atoms with Crippen molar-refractivity contribution in [1.82, 2.24) is 20.4 Å². The lowest BCUT2D eigenvalue weighted by Gasteiger charge is -2.38. The summed E-state index contributed by atoms with van der Waals surface area (Å²) in [6, 6.07) is -0.0834. The molecule has 116 valence electrons. The van der Waals surface area contributed by atoms with Crippen LogP contribution in [-0.2, 0) is 4.74 Å². The Morgan fingerprint density at radius 3 is 3.00 bits per heavy atom. The molecule has 10 heteroatoms. The molecule has 7 nitrogen and oxygen atoms in total. The monoisotopic (exact) mass is 321 g/mol. The molecule has 2 rings (SSSR count). The molecule has 0 spiro atoms. The van der Waals surface area contributed by atoms with Gasteiger partial charge in [0.15, 0.2) is 5.15 Å². The standard InChI is InChI=1S/C11H14ClF2N5O2/c1-21-3-7(6-2-8(15)17-18-9(6)12)19-5-11(13,14)4-16-10(19)20/h2,7H,3-5H2,1H3,(H2,15,17)(H,16,20)/t7-/m1/s1. The lowest BCUT2D eigenvalue weighted by molar-refractivity contribution is -0.0509. The highest BCUT2D eigenvalue weighted by Crippen LogP contribution is 2.31. The molecule has 1 fully saturated rings. The zero-order valence-electron chi connectivity index (χ0n) is 11.1. The van der Waals surface area contributed by atoms with Gasteiger partial charge in [-0.2, -0.15) is 0 Å². The molecular formula is C11H14ClF2N5O2. The summed E-state index contributed by atoms with van der Waals surface area (Å²) in [6.45, 7) is -1.48. The minimum atomic E-state index is -3.04. The Hall–Kier alpha value is -1.74. The van der Waals surface area contributed by atoms with Crippen molar-refractivity contribution in [3.05, 3.63) is 16.8 Å². The van der Waals surface area contributed by atoms with Crippen molar-refractivity contribution in [3.63, 3.8) is 0 Å². The van der Waals surface area contributed by atoms with Crippen LogP contribution in [0.1, 0.15) is 11.6 Å². The summed E-state index contributed by atoms with van der Waals surface area (Å²) in [7, 11) is 1.39. The molecular weight excluding hydrogens is 308 g/mol. The van der Waals surface area contributed by atoms with E-state index >= 15 is 0 Å². The number of anilines is 1. The lowest BCUT2D eigenvalue weighted by Crippen LogP contribution is -2.58. The highest BCUT2D eigenvalue weighted by Gasteiger charge is 2.42. The molecule has 0 bridgehead atoms. The zero-order chi connectivity index (χ0) is 15.6. The van der Waals surface area contributed by atoms with Crippen molar-refractivity contribution in [3.8, 4) is 0 Å². The Morgan fingerprint density at radius 1 is 1.62 bits per heavy atom. The maximum absolute atomic E-state index is 13.5. The third-order valence-corrected chi connectivity index (χ3v) is 3.31. The van der Waals surface area contributed by atoms with E-state index in [2.05, 4.69) is 15.5 Å². The van der Waals surface area contributed by atoms with Gasteiger partial charge >= 0.3 is 6.03 Å². The fraction of sp³-hybridized carbons (Fsp3) is 0.545. The van der Waals surface area contributed by atoms with Crippen LogP contribution in [-0.4, -0.2) is 53.9 Å². The van der Waals surface area contributed by atoms with E-state index in [4.69, 9.17) is 22.1 Å². The number of rotatable bonds is 4. The number of carbonyl (C=O) groups excluding carboxylic acids is 1. The zero-order valence-corrected chi connectivity index (χ0v) is 11.9. The van der Waals surface area contributed by atoms with Crippen LogP contribution in [0.4, 0.5) is 19.4 Å². The van der Waals surface area contributed by atoms with Crippen molar-refractivity contribution in [2.75, 3.05) is 32.5 Å². The number of ether oxygens (including phenoxy) is 1. The van der Waals surface area contributed by atoms with Crippen LogP contribution in [0.5, 0.6) is 0 Å². The summed E-state index contributed by atoms with van der Waals surface area (Å²) in [4.78, 5) is 12.8. The van der Waals surface area contributed by atoms with Crippen molar-refractivity contribution in [1.29, 1.82) is 0 Å². The second-order valence-electron chi connectivity index (χ2n) is 4.63. The number of hydrogen-bond acceptors (Lipinski definition) is 5. The van der Waals surface area contributed by atoms with Gasteiger partial charge in [0, 0.05) is 12.7 Å². The molecule has 1 aromatic rings. The van der Waals surface area contributed by atoms with Gasteiger partial charge in [-0.05, 0) is 6.07 Å². The molecule has 1 aromatic heterocycles. The molecule has 2 amide bonds. The number of urea groups is 1. The van der Waals surface area contributed by atoms with Gasteiger partial charge in [0.25, 0.3) is 5.92 Å². The molecule has 3 N–H and O–H groups in total. The Balaban J connectivity index is 2.37. The molecule has 1 aliphatic heterocycles. The Kier molecular flexibility index (Phi) is 4.43. The maximum Gasteiger partial charge on any atom is 0.318 e. The molecule has 2 heterocycles. The third-order valence-electron chi connectivity index (χ3n) is 3.02. The quantitative estimate of drug-likeness (QED) is 0.865. The number of nitrogens with one attached hydrogen (secondary N) is 1. The van der Waals surface area contributed by atoms with Crippen molar-refractivity contribution < 1.29 is 18.3 Å². The minimum absolute atomic E-state index is 0.0204. The maximum atomic E-state index is 13.5. The summed E-state index contributed by atoms with van der Waals surface area (Å²) in [5, 5.41) is 9.31. The molecule has 0 aliphatic carbocycles. The van der Waals surface area contributed by atoms with Gasteiger partial charge in [-0.15, -0.1) is 10.2 Å². The molecule has 0 radical (unpaired) electrons. The highest BCUT2D eigenvalue weighted by atomic mass is 35.5. The first-order valence-corrected chi connectivity index (χ1v) is 6.41. The van der Waals surface area contributed by atoms with Gasteiger partial charge in [-0.25, -0.2) is 13.6 Å². The molecule has 1 saturated heterocycles. The van der Waals surface area contributed by atoms with Crippen LogP contribution < -0.4 is 11.1 Å². The molecule has 21 heavy (non-hydrogen) atoms. The van der Waals surface area contributed by atoms with E-state index in [1.165, 1.54) is 13.2 Å². The Labute approximate surface area is 124 Å². The summed E-state index contributed by atoms with van der Waals surface area (Å²) in [5.41, 5.74) is 5.84. The largest absolute Gasteiger partial charge is 0.382 e. The number of nitrogens with two attached hydrogens (primary N) is 1. The summed E-state index contributed by atoms with van der Waals surface area (Å²) >= 11 is 5.93. The number of amides is 2. The number of nitrogen functional groups attached to an aromatic ring is 1. The lowest BCUT2D eigenvalue weighted by atomic mass is 10.1. The molecule has 0 saturated carbocycles. The third kappa shape index (κ3) is 3.48. The number of aromatic nitrogens is 2. The van der Waals surface area contributed by atoms with E-state index in [1.807, 2.05) is 0 Å². The molecule has 0 aromatic carbocycles. The molecule has 0 unspecified atom stereocenters. The van der Waals surface area contributed by atoms with E-state index in [9.17, 15) is 13.6 Å². The van der Waals surface area contributed by atoms with Crippen molar-refractivity contribution in [2.24, 2.45) is 0 Å². The van der Waals surface area contributed by atoms with Crippen LogP contribution in [0.2, 0.25) is 5.15 Å². The van der Waals surface area contributed by atoms with Gasteiger partial charge in [-0.3, -0.25) is 0 Å². The number of methoxy groups -OCH3 is 1. The molecule has 1 aliphatic rings. The van der Waals surface area contributed by atoms with Crippen LogP contribution in [0.25, 0.3) is 0 Å². The smallest absolute Gasteiger partial charge is 0.318 e. The van der Waals surface area contributed by atoms with Gasteiger partial charge in [-0.1, -0.05) is 11.6 Å². The second kappa shape index (κ2) is 5.94. The number of halogens is 3. The van der Waals surface area contributed by atoms with Gasteiger partial charge < -0.3 is 20.7 Å². The van der Waals surface area contributed by atoms with E-state index in [0.29, 0.717) is 5.56 Å². The average molecular weight is 322 g/mol.